The third-order valence-corrected chi connectivity index (χ3v) is 0.274. The van der Waals surface area contributed by atoms with Crippen molar-refractivity contribution in [1.82, 2.24) is 0 Å². The zero-order valence-corrected chi connectivity index (χ0v) is 13.5. The summed E-state index contributed by atoms with van der Waals surface area (Å²) >= 11 is -0.750. The molecular weight excluding hydrogens is 218 g/mol. The van der Waals surface area contributed by atoms with Crippen LogP contribution in [0.4, 0.5) is 0 Å². The minimum atomic E-state index is -0.750. The molecule has 5 nitrogen and oxygen atoms in total. The van der Waals surface area contributed by atoms with E-state index >= 15 is 0 Å². The van der Waals surface area contributed by atoms with Gasteiger partial charge in [-0.2, -0.15) is 0 Å². The second kappa shape index (κ2) is 23.6. The molecule has 0 aromatic carbocycles. The van der Waals surface area contributed by atoms with E-state index < -0.39 is 17.9 Å². The van der Waals surface area contributed by atoms with Crippen molar-refractivity contribution < 1.29 is 83.2 Å². The Morgan fingerprint density at radius 2 is 1.31 bits per heavy atom. The van der Waals surface area contributed by atoms with E-state index in [2.05, 4.69) is 4.89 Å². The second-order valence-electron chi connectivity index (χ2n) is 2.27. The van der Waals surface area contributed by atoms with E-state index in [1.807, 2.05) is 6.79 Å². The summed E-state index contributed by atoms with van der Waals surface area (Å²) < 4.78 is 16.6. The standard InChI is InChI=1S/C4H10O2.CH2O.2Na.H2O2S/c1-4(2,3)6-5;1-2;;;1-3-2/h5H,1-3H3;1H2;;;1-2H/q;;2*+1;/p-2. The first-order valence-electron chi connectivity index (χ1n) is 2.51. The molecule has 70 valence electrons. The predicted octanol–water partition coefficient (Wildman–Crippen LogP) is -4.92. The monoisotopic (exact) mass is 230 g/mol. The summed E-state index contributed by atoms with van der Waals surface area (Å²) in [6, 6.07) is 0. The maximum Gasteiger partial charge on any atom is 1.00 e. The molecular formula is C5H12Na2O5S. The minimum Gasteiger partial charge on any atom is -0.811 e. The summed E-state index contributed by atoms with van der Waals surface area (Å²) in [5, 5.41) is 7.90. The molecule has 0 bridgehead atoms. The van der Waals surface area contributed by atoms with Gasteiger partial charge in [-0.05, 0) is 20.8 Å². The van der Waals surface area contributed by atoms with Crippen molar-refractivity contribution in [2.24, 2.45) is 0 Å². The van der Waals surface area contributed by atoms with Gasteiger partial charge in [-0.15, -0.1) is 0 Å². The Bertz CT molecular complexity index is 70.4. The maximum atomic E-state index is 8.29. The van der Waals surface area contributed by atoms with E-state index in [0.29, 0.717) is 0 Å². The number of rotatable bonds is 0. The van der Waals surface area contributed by atoms with Crippen LogP contribution in [0.2, 0.25) is 0 Å². The molecule has 0 aromatic rings. The topological polar surface area (TPSA) is 92.7 Å². The van der Waals surface area contributed by atoms with Crippen LogP contribution in [-0.2, 0) is 9.68 Å². The van der Waals surface area contributed by atoms with Crippen LogP contribution in [0.15, 0.2) is 0 Å². The number of carbonyl (C=O) groups is 1. The molecule has 8 heteroatoms. The minimum absolute atomic E-state index is 0. The molecule has 0 aliphatic carbocycles. The first kappa shape index (κ1) is 29.4. The summed E-state index contributed by atoms with van der Waals surface area (Å²) in [4.78, 5) is 11.9. The van der Waals surface area contributed by atoms with Gasteiger partial charge in [0.15, 0.2) is 0 Å². The first-order valence-corrected chi connectivity index (χ1v) is 3.18. The van der Waals surface area contributed by atoms with Crippen molar-refractivity contribution in [3.8, 4) is 0 Å². The second-order valence-corrected chi connectivity index (χ2v) is 2.41. The fraction of sp³-hybridized carbons (Fsp3) is 0.800. The third kappa shape index (κ3) is 82.5. The van der Waals surface area contributed by atoms with Crippen molar-refractivity contribution in [3.63, 3.8) is 0 Å². The Labute approximate surface area is 127 Å². The van der Waals surface area contributed by atoms with Crippen LogP contribution in [0, 0.1) is 0 Å². The van der Waals surface area contributed by atoms with Crippen LogP contribution in [0.25, 0.3) is 0 Å². The van der Waals surface area contributed by atoms with E-state index in [-0.39, 0.29) is 59.1 Å². The Kier molecular flexibility index (Phi) is 53.3. The largest absolute Gasteiger partial charge is 1.00 e. The molecule has 0 atom stereocenters. The van der Waals surface area contributed by atoms with Crippen molar-refractivity contribution in [2.45, 2.75) is 26.4 Å². The number of hydrogen-bond acceptors (Lipinski definition) is 6. The van der Waals surface area contributed by atoms with Gasteiger partial charge in [0, 0.05) is 0 Å². The van der Waals surface area contributed by atoms with Gasteiger partial charge in [-0.3, -0.25) is 5.26 Å². The molecule has 13 heavy (non-hydrogen) atoms. The molecule has 0 fully saturated rings. The SMILES string of the molecule is C=O.CC(C)(C)OO.[Na+].[Na+].[O-]S[O-]. The molecule has 0 radical (unpaired) electrons. The fourth-order valence-corrected chi connectivity index (χ4v) is 0. The Morgan fingerprint density at radius 3 is 1.31 bits per heavy atom. The van der Waals surface area contributed by atoms with E-state index in [4.69, 9.17) is 19.2 Å². The van der Waals surface area contributed by atoms with Crippen LogP contribution < -0.4 is 59.1 Å². The molecule has 0 saturated heterocycles. The molecule has 0 rings (SSSR count). The molecule has 0 heterocycles. The normalized spacial score (nSPS) is 7.23. The van der Waals surface area contributed by atoms with Gasteiger partial charge in [0.05, 0.1) is 5.60 Å². The zero-order chi connectivity index (χ0) is 9.91. The van der Waals surface area contributed by atoms with Gasteiger partial charge in [0.1, 0.15) is 6.79 Å². The van der Waals surface area contributed by atoms with Crippen LogP contribution >= 0.6 is 12.3 Å². The molecule has 0 aromatic heterocycles. The first-order chi connectivity index (χ1) is 4.97. The van der Waals surface area contributed by atoms with Gasteiger partial charge in [-0.1, -0.05) is 0 Å². The summed E-state index contributed by atoms with van der Waals surface area (Å²) in [6.07, 6.45) is 0. The molecule has 0 unspecified atom stereocenters. The molecule has 0 aliphatic rings. The number of hydrogen-bond donors (Lipinski definition) is 1. The summed E-state index contributed by atoms with van der Waals surface area (Å²) in [5.41, 5.74) is -0.403. The zero-order valence-electron chi connectivity index (χ0n) is 8.70. The third-order valence-electron chi connectivity index (χ3n) is 0.274. The van der Waals surface area contributed by atoms with Crippen LogP contribution in [0.3, 0.4) is 0 Å². The Hall–Kier alpha value is 1.86. The van der Waals surface area contributed by atoms with Crippen molar-refractivity contribution in [2.75, 3.05) is 0 Å². The smallest absolute Gasteiger partial charge is 0.811 e. The summed E-state index contributed by atoms with van der Waals surface area (Å²) in [5.74, 6) is 0. The molecule has 0 amide bonds. The maximum absolute atomic E-state index is 8.29. The fourth-order valence-electron chi connectivity index (χ4n) is 0. The quantitative estimate of drug-likeness (QED) is 0.194. The number of carbonyl (C=O) groups excluding carboxylic acids is 1. The van der Waals surface area contributed by atoms with Crippen LogP contribution in [0.5, 0.6) is 0 Å². The van der Waals surface area contributed by atoms with Gasteiger partial charge in [-0.25, -0.2) is 4.89 Å². The van der Waals surface area contributed by atoms with E-state index in [0.717, 1.165) is 0 Å². The van der Waals surface area contributed by atoms with Crippen molar-refractivity contribution in [3.05, 3.63) is 0 Å². The van der Waals surface area contributed by atoms with Crippen LogP contribution in [0.1, 0.15) is 20.8 Å². The molecule has 0 spiro atoms. The molecule has 1 N–H and O–H groups in total. The van der Waals surface area contributed by atoms with Gasteiger partial charge >= 0.3 is 59.1 Å². The summed E-state index contributed by atoms with van der Waals surface area (Å²) in [6.45, 7) is 7.31. The predicted molar refractivity (Wildman–Crippen MR) is 39.7 cm³/mol. The van der Waals surface area contributed by atoms with Crippen LogP contribution in [-0.4, -0.2) is 26.8 Å². The van der Waals surface area contributed by atoms with E-state index in [1.54, 1.807) is 20.8 Å². The molecule has 0 aliphatic heterocycles. The van der Waals surface area contributed by atoms with E-state index in [9.17, 15) is 0 Å². The van der Waals surface area contributed by atoms with E-state index in [1.165, 1.54) is 0 Å². The Morgan fingerprint density at radius 1 is 1.23 bits per heavy atom. The summed E-state index contributed by atoms with van der Waals surface area (Å²) in [7, 11) is 0. The average Bonchev–Trinajstić information content (AvgIpc) is 1.93. The van der Waals surface area contributed by atoms with Gasteiger partial charge in [0.25, 0.3) is 0 Å². The average molecular weight is 230 g/mol. The van der Waals surface area contributed by atoms with Gasteiger partial charge < -0.3 is 26.2 Å². The molecule has 0 saturated carbocycles. The Balaban J connectivity index is -0.0000000268. The van der Waals surface area contributed by atoms with Crippen molar-refractivity contribution >= 4 is 19.1 Å². The van der Waals surface area contributed by atoms with Crippen molar-refractivity contribution in [1.29, 1.82) is 0 Å². The van der Waals surface area contributed by atoms with Gasteiger partial charge in [0.2, 0.25) is 0 Å².